The topological polar surface area (TPSA) is 0 Å². The van der Waals surface area contributed by atoms with Gasteiger partial charge in [0.05, 0.1) is 53.4 Å². The SMILES string of the molecule is C[N+](C)(CCCCCC[N+](C)(C)C1C2CC3CC(C2)CC1C3)C1C2CC3CC(C2)CC1C3. The van der Waals surface area contributed by atoms with Crippen LogP contribution in [0.4, 0.5) is 0 Å². The molecule has 8 aliphatic carbocycles. The van der Waals surface area contributed by atoms with Crippen molar-refractivity contribution in [1.82, 2.24) is 0 Å². The Hall–Kier alpha value is -0.0800. The molecular formula is C30H54N2+2. The molecule has 0 unspecified atom stereocenters. The first-order chi connectivity index (χ1) is 15.3. The molecule has 182 valence electrons. The smallest absolute Gasteiger partial charge is 0.0943 e. The first-order valence-electron chi connectivity index (χ1n) is 14.9. The van der Waals surface area contributed by atoms with Gasteiger partial charge in [0.15, 0.2) is 0 Å². The van der Waals surface area contributed by atoms with Crippen LogP contribution in [0.5, 0.6) is 0 Å². The van der Waals surface area contributed by atoms with Crippen molar-refractivity contribution in [3.63, 3.8) is 0 Å². The van der Waals surface area contributed by atoms with Gasteiger partial charge in [-0.1, -0.05) is 0 Å². The van der Waals surface area contributed by atoms with E-state index in [4.69, 9.17) is 0 Å². The van der Waals surface area contributed by atoms with Gasteiger partial charge in [0.25, 0.3) is 0 Å². The van der Waals surface area contributed by atoms with Crippen LogP contribution in [0.1, 0.15) is 89.9 Å². The summed E-state index contributed by atoms with van der Waals surface area (Å²) in [5.41, 5.74) is 0. The number of hydrogen-bond donors (Lipinski definition) is 0. The number of quaternary nitrogens is 2. The van der Waals surface area contributed by atoms with Crippen LogP contribution in [0.15, 0.2) is 0 Å². The molecule has 2 heteroatoms. The minimum atomic E-state index is 0.996. The van der Waals surface area contributed by atoms with E-state index in [0.717, 1.165) is 59.4 Å². The molecular weight excluding hydrogens is 388 g/mol. The van der Waals surface area contributed by atoms with E-state index in [2.05, 4.69) is 28.2 Å². The van der Waals surface area contributed by atoms with E-state index in [-0.39, 0.29) is 0 Å². The molecule has 2 nitrogen and oxygen atoms in total. The summed E-state index contributed by atoms with van der Waals surface area (Å²) in [4.78, 5) is 0. The molecule has 0 aromatic heterocycles. The van der Waals surface area contributed by atoms with Crippen LogP contribution in [-0.4, -0.2) is 62.3 Å². The van der Waals surface area contributed by atoms with E-state index < -0.39 is 0 Å². The number of hydrogen-bond acceptors (Lipinski definition) is 0. The Morgan fingerprint density at radius 2 is 0.688 bits per heavy atom. The molecule has 0 amide bonds. The highest BCUT2D eigenvalue weighted by Gasteiger charge is 2.55. The second kappa shape index (κ2) is 8.25. The lowest BCUT2D eigenvalue weighted by molar-refractivity contribution is -0.926. The molecule has 0 heterocycles. The summed E-state index contributed by atoms with van der Waals surface area (Å²) in [5.74, 6) is 8.74. The minimum Gasteiger partial charge on any atom is -0.326 e. The zero-order chi connectivity index (χ0) is 22.1. The van der Waals surface area contributed by atoms with Crippen LogP contribution in [0.3, 0.4) is 0 Å². The summed E-state index contributed by atoms with van der Waals surface area (Å²) in [5, 5.41) is 0. The molecule has 8 aliphatic rings. The lowest BCUT2D eigenvalue weighted by Crippen LogP contribution is -2.62. The first-order valence-corrected chi connectivity index (χ1v) is 14.9. The Balaban J connectivity index is 0.944. The van der Waals surface area contributed by atoms with Gasteiger partial charge in [-0.05, 0) is 114 Å². The Morgan fingerprint density at radius 3 is 0.969 bits per heavy atom. The second-order valence-corrected chi connectivity index (χ2v) is 15.3. The molecule has 0 radical (unpaired) electrons. The molecule has 8 saturated carbocycles. The van der Waals surface area contributed by atoms with Crippen molar-refractivity contribution in [3.05, 3.63) is 0 Å². The Morgan fingerprint density at radius 1 is 0.406 bits per heavy atom. The fraction of sp³-hybridized carbons (Fsp3) is 1.00. The van der Waals surface area contributed by atoms with E-state index in [1.54, 1.807) is 64.2 Å². The highest BCUT2D eigenvalue weighted by molar-refractivity contribution is 5.00. The van der Waals surface area contributed by atoms with Gasteiger partial charge in [0, 0.05) is 23.7 Å². The molecule has 0 aliphatic heterocycles. The van der Waals surface area contributed by atoms with E-state index in [0.29, 0.717) is 0 Å². The summed E-state index contributed by atoms with van der Waals surface area (Å²) in [6, 6.07) is 1.99. The van der Waals surface area contributed by atoms with Crippen molar-refractivity contribution in [2.75, 3.05) is 41.3 Å². The van der Waals surface area contributed by atoms with Gasteiger partial charge in [-0.15, -0.1) is 0 Å². The van der Waals surface area contributed by atoms with Gasteiger partial charge in [-0.25, -0.2) is 0 Å². The average molecular weight is 443 g/mol. The second-order valence-electron chi connectivity index (χ2n) is 15.3. The monoisotopic (exact) mass is 442 g/mol. The summed E-state index contributed by atoms with van der Waals surface area (Å²) in [6.07, 6.45) is 21.7. The third-order valence-corrected chi connectivity index (χ3v) is 12.2. The number of nitrogens with zero attached hydrogens (tertiary/aromatic N) is 2. The fourth-order valence-corrected chi connectivity index (χ4v) is 11.8. The fourth-order valence-electron chi connectivity index (χ4n) is 11.8. The Labute approximate surface area is 199 Å². The van der Waals surface area contributed by atoms with Crippen LogP contribution < -0.4 is 0 Å². The molecule has 0 saturated heterocycles. The largest absolute Gasteiger partial charge is 0.326 e. The van der Waals surface area contributed by atoms with Gasteiger partial charge in [-0.3, -0.25) is 0 Å². The predicted octanol–water partition coefficient (Wildman–Crippen LogP) is 6.35. The van der Waals surface area contributed by atoms with Crippen molar-refractivity contribution >= 4 is 0 Å². The zero-order valence-electron chi connectivity index (χ0n) is 22.0. The molecule has 0 atom stereocenters. The zero-order valence-corrected chi connectivity index (χ0v) is 22.0. The van der Waals surface area contributed by atoms with Crippen molar-refractivity contribution in [2.45, 2.75) is 102 Å². The molecule has 8 fully saturated rings. The summed E-state index contributed by atoms with van der Waals surface area (Å²) in [6.45, 7) is 2.86. The van der Waals surface area contributed by atoms with Crippen molar-refractivity contribution in [1.29, 1.82) is 0 Å². The van der Waals surface area contributed by atoms with Gasteiger partial charge < -0.3 is 8.97 Å². The molecule has 0 N–H and O–H groups in total. The molecule has 0 aromatic rings. The van der Waals surface area contributed by atoms with Crippen LogP contribution in [0, 0.1) is 47.3 Å². The van der Waals surface area contributed by atoms with Crippen LogP contribution in [0.2, 0.25) is 0 Å². The minimum absolute atomic E-state index is 0.996. The molecule has 8 bridgehead atoms. The molecule has 0 aromatic carbocycles. The Bertz CT molecular complexity index is 564. The third-order valence-electron chi connectivity index (χ3n) is 12.2. The van der Waals surface area contributed by atoms with E-state index in [1.165, 1.54) is 47.7 Å². The van der Waals surface area contributed by atoms with Crippen LogP contribution in [0.25, 0.3) is 0 Å². The van der Waals surface area contributed by atoms with E-state index in [9.17, 15) is 0 Å². The molecule has 8 rings (SSSR count). The number of unbranched alkanes of at least 4 members (excludes halogenated alkanes) is 3. The van der Waals surface area contributed by atoms with Crippen LogP contribution in [-0.2, 0) is 0 Å². The Kier molecular flexibility index (Phi) is 5.77. The summed E-state index contributed by atoms with van der Waals surface area (Å²) < 4.78 is 2.67. The quantitative estimate of drug-likeness (QED) is 0.288. The molecule has 0 spiro atoms. The highest BCUT2D eigenvalue weighted by atomic mass is 15.3. The van der Waals surface area contributed by atoms with Crippen molar-refractivity contribution < 1.29 is 8.97 Å². The highest BCUT2D eigenvalue weighted by Crippen LogP contribution is 2.57. The first kappa shape index (κ1) is 22.4. The van der Waals surface area contributed by atoms with Gasteiger partial charge in [0.2, 0.25) is 0 Å². The molecule has 32 heavy (non-hydrogen) atoms. The maximum Gasteiger partial charge on any atom is 0.0943 e. The lowest BCUT2D eigenvalue weighted by atomic mass is 9.53. The van der Waals surface area contributed by atoms with Gasteiger partial charge in [0.1, 0.15) is 0 Å². The normalized spacial score (nSPS) is 46.9. The summed E-state index contributed by atoms with van der Waals surface area (Å²) >= 11 is 0. The predicted molar refractivity (Wildman–Crippen MR) is 134 cm³/mol. The van der Waals surface area contributed by atoms with Gasteiger partial charge >= 0.3 is 0 Å². The van der Waals surface area contributed by atoms with E-state index in [1.807, 2.05) is 0 Å². The summed E-state index contributed by atoms with van der Waals surface area (Å²) in [7, 11) is 10.4. The van der Waals surface area contributed by atoms with Crippen molar-refractivity contribution in [2.24, 2.45) is 47.3 Å². The van der Waals surface area contributed by atoms with Gasteiger partial charge in [-0.2, -0.15) is 0 Å². The maximum atomic E-state index is 2.60. The number of rotatable bonds is 9. The standard InChI is InChI=1S/C30H54N2/c1-31(2,29-25-13-21-11-22(15-25)16-26(29)14-21)9-7-5-6-8-10-32(3,4)30-27-17-23-12-24(19-27)20-28(30)18-23/h21-30H,5-20H2,1-4H3/q+2. The van der Waals surface area contributed by atoms with Crippen molar-refractivity contribution in [3.8, 4) is 0 Å². The maximum absolute atomic E-state index is 2.60. The third kappa shape index (κ3) is 4.02. The van der Waals surface area contributed by atoms with Crippen LogP contribution >= 0.6 is 0 Å². The lowest BCUT2D eigenvalue weighted by Gasteiger charge is -2.58. The average Bonchev–Trinajstić information content (AvgIpc) is 2.68. The van der Waals surface area contributed by atoms with E-state index >= 15 is 0 Å².